The second-order valence-corrected chi connectivity index (χ2v) is 10.8. The molecule has 3 amide bonds. The van der Waals surface area contributed by atoms with E-state index < -0.39 is 18.0 Å². The number of fused-ring (bicyclic) bond motifs is 3. The number of carbonyl (C=O) groups excluding carboxylic acids is 2. The molecule has 0 unspecified atom stereocenters. The van der Waals surface area contributed by atoms with E-state index >= 15 is 0 Å². The molecule has 2 aliphatic heterocycles. The van der Waals surface area contributed by atoms with Crippen LogP contribution in [-0.2, 0) is 11.3 Å². The maximum Gasteiger partial charge on any atom is 0.318 e. The van der Waals surface area contributed by atoms with Crippen LogP contribution in [0.25, 0.3) is 11.1 Å². The van der Waals surface area contributed by atoms with Crippen molar-refractivity contribution in [1.82, 2.24) is 25.1 Å². The van der Waals surface area contributed by atoms with E-state index in [-0.39, 0.29) is 36.1 Å². The predicted molar refractivity (Wildman–Crippen MR) is 133 cm³/mol. The van der Waals surface area contributed by atoms with E-state index in [0.29, 0.717) is 24.6 Å². The molecule has 1 saturated heterocycles. The summed E-state index contributed by atoms with van der Waals surface area (Å²) in [4.78, 5) is 46.4. The number of likely N-dealkylation sites (tertiary alicyclic amines) is 1. The van der Waals surface area contributed by atoms with Gasteiger partial charge in [0.05, 0.1) is 6.04 Å². The van der Waals surface area contributed by atoms with Gasteiger partial charge in [-0.25, -0.2) is 4.79 Å². The zero-order valence-electron chi connectivity index (χ0n) is 20.3. The number of carbonyl (C=O) groups is 2. The van der Waals surface area contributed by atoms with E-state index in [2.05, 4.69) is 15.6 Å². The number of aliphatic hydroxyl groups is 1. The summed E-state index contributed by atoms with van der Waals surface area (Å²) in [6, 6.07) is 5.92. The fraction of sp³-hybridized carbons (Fsp3) is 0.556. The molecule has 2 aromatic heterocycles. The lowest BCUT2D eigenvalue weighted by molar-refractivity contribution is -0.126. The summed E-state index contributed by atoms with van der Waals surface area (Å²) in [6.07, 6.45) is 9.58. The molecule has 9 heteroatoms. The van der Waals surface area contributed by atoms with E-state index in [4.69, 9.17) is 0 Å². The van der Waals surface area contributed by atoms with Gasteiger partial charge in [0.1, 0.15) is 6.04 Å². The molecule has 4 heterocycles. The molecular formula is C27H33N5O4. The molecule has 0 radical (unpaired) electrons. The summed E-state index contributed by atoms with van der Waals surface area (Å²) in [5.74, 6) is -0.381. The first kappa shape index (κ1) is 23.2. The number of hydrogen-bond acceptors (Lipinski definition) is 5. The third kappa shape index (κ3) is 3.99. The van der Waals surface area contributed by atoms with Crippen molar-refractivity contribution in [3.8, 4) is 11.1 Å². The van der Waals surface area contributed by atoms with Crippen LogP contribution in [0.5, 0.6) is 0 Å². The summed E-state index contributed by atoms with van der Waals surface area (Å²) < 4.78 is 1.72. The van der Waals surface area contributed by atoms with Gasteiger partial charge in [-0.3, -0.25) is 14.6 Å². The summed E-state index contributed by atoms with van der Waals surface area (Å²) in [5, 5.41) is 16.6. The molecule has 0 bridgehead atoms. The molecule has 6 rings (SSSR count). The number of hydrogen-bond donors (Lipinski definition) is 3. The average molecular weight is 492 g/mol. The van der Waals surface area contributed by atoms with Crippen molar-refractivity contribution in [3.05, 3.63) is 52.7 Å². The van der Waals surface area contributed by atoms with Crippen molar-refractivity contribution in [2.45, 2.75) is 63.2 Å². The Kier molecular flexibility index (Phi) is 6.03. The van der Waals surface area contributed by atoms with Crippen molar-refractivity contribution < 1.29 is 14.7 Å². The van der Waals surface area contributed by atoms with Gasteiger partial charge in [0.2, 0.25) is 5.91 Å². The Labute approximate surface area is 209 Å². The number of aliphatic hydroxyl groups excluding tert-OH is 1. The first-order valence-corrected chi connectivity index (χ1v) is 13.2. The molecule has 0 aromatic carbocycles. The first-order chi connectivity index (χ1) is 17.6. The first-order valence-electron chi connectivity index (χ1n) is 13.2. The third-order valence-corrected chi connectivity index (χ3v) is 8.50. The van der Waals surface area contributed by atoms with Crippen LogP contribution in [0, 0.1) is 17.8 Å². The smallest absolute Gasteiger partial charge is 0.318 e. The lowest BCUT2D eigenvalue weighted by Crippen LogP contribution is -2.54. The van der Waals surface area contributed by atoms with Crippen molar-refractivity contribution in [3.63, 3.8) is 0 Å². The second kappa shape index (κ2) is 9.35. The molecular weight excluding hydrogens is 458 g/mol. The highest BCUT2D eigenvalue weighted by atomic mass is 16.3. The molecule has 4 atom stereocenters. The van der Waals surface area contributed by atoms with Crippen LogP contribution in [0.2, 0.25) is 0 Å². The fourth-order valence-corrected chi connectivity index (χ4v) is 6.44. The van der Waals surface area contributed by atoms with E-state index in [0.717, 1.165) is 49.8 Å². The lowest BCUT2D eigenvalue weighted by Gasteiger charge is -2.32. The maximum absolute atomic E-state index is 13.7. The van der Waals surface area contributed by atoms with Gasteiger partial charge in [-0.2, -0.15) is 0 Å². The van der Waals surface area contributed by atoms with Crippen LogP contribution in [0.15, 0.2) is 41.5 Å². The van der Waals surface area contributed by atoms with Gasteiger partial charge in [-0.15, -0.1) is 0 Å². The molecule has 0 spiro atoms. The molecule has 2 aliphatic carbocycles. The number of aromatic nitrogens is 2. The summed E-state index contributed by atoms with van der Waals surface area (Å²) in [5.41, 5.74) is 1.86. The molecule has 2 saturated carbocycles. The Morgan fingerprint density at radius 1 is 1.11 bits per heavy atom. The van der Waals surface area contributed by atoms with Crippen molar-refractivity contribution in [2.75, 3.05) is 13.2 Å². The highest BCUT2D eigenvalue weighted by Gasteiger charge is 2.57. The minimum Gasteiger partial charge on any atom is -0.396 e. The molecule has 3 N–H and O–H groups in total. The normalized spacial score (nSPS) is 27.1. The molecule has 36 heavy (non-hydrogen) atoms. The largest absolute Gasteiger partial charge is 0.396 e. The minimum atomic E-state index is -0.771. The standard InChI is InChI=1S/C27H33N5O4/c33-15-21-20-14-31-22(10-9-19(26(31)35)17-4-3-11-28-13-17)23(20)32(27(36)30-18-5-1-2-6-18)24(21)25(34)29-12-16-7-8-16/h3-4,9-11,13,16,18,20-21,23-24,33H,1-2,5-8,12,14-15H2,(H,29,34)(H,30,36)/t20-,21-,23+,24-/m1/s1. The van der Waals surface area contributed by atoms with Crippen LogP contribution < -0.4 is 16.2 Å². The average Bonchev–Trinajstić information content (AvgIpc) is 3.28. The minimum absolute atomic E-state index is 0.0934. The predicted octanol–water partition coefficient (Wildman–Crippen LogP) is 2.05. The monoisotopic (exact) mass is 491 g/mol. The lowest BCUT2D eigenvalue weighted by atomic mass is 9.88. The number of pyridine rings is 2. The van der Waals surface area contributed by atoms with E-state index in [9.17, 15) is 19.5 Å². The second-order valence-electron chi connectivity index (χ2n) is 10.8. The van der Waals surface area contributed by atoms with Crippen molar-refractivity contribution >= 4 is 11.9 Å². The zero-order chi connectivity index (χ0) is 24.8. The number of rotatable bonds is 6. The topological polar surface area (TPSA) is 117 Å². The Bertz CT molecular complexity index is 1200. The quantitative estimate of drug-likeness (QED) is 0.572. The number of nitrogens with one attached hydrogen (secondary N) is 2. The Morgan fingerprint density at radius 2 is 1.92 bits per heavy atom. The molecule has 190 valence electrons. The van der Waals surface area contributed by atoms with Gasteiger partial charge in [-0.05, 0) is 49.8 Å². The Hall–Kier alpha value is -3.20. The number of amides is 3. The van der Waals surface area contributed by atoms with Gasteiger partial charge in [0.25, 0.3) is 5.56 Å². The van der Waals surface area contributed by atoms with Crippen molar-refractivity contribution in [2.24, 2.45) is 17.8 Å². The molecule has 2 aromatic rings. The van der Waals surface area contributed by atoms with E-state index in [1.807, 2.05) is 12.1 Å². The molecule has 4 aliphatic rings. The number of nitrogens with zero attached hydrogens (tertiary/aromatic N) is 3. The van der Waals surface area contributed by atoms with Crippen LogP contribution in [-0.4, -0.2) is 56.7 Å². The van der Waals surface area contributed by atoms with Gasteiger partial charge >= 0.3 is 6.03 Å². The van der Waals surface area contributed by atoms with Crippen LogP contribution in [0.4, 0.5) is 4.79 Å². The van der Waals surface area contributed by atoms with E-state index in [1.165, 1.54) is 0 Å². The summed E-state index contributed by atoms with van der Waals surface area (Å²) in [6.45, 7) is 0.733. The van der Waals surface area contributed by atoms with Crippen LogP contribution >= 0.6 is 0 Å². The molecule has 3 fully saturated rings. The zero-order valence-corrected chi connectivity index (χ0v) is 20.3. The van der Waals surface area contributed by atoms with Crippen LogP contribution in [0.1, 0.15) is 50.3 Å². The highest BCUT2D eigenvalue weighted by Crippen LogP contribution is 2.49. The Balaban J connectivity index is 1.37. The summed E-state index contributed by atoms with van der Waals surface area (Å²) >= 11 is 0. The van der Waals surface area contributed by atoms with Gasteiger partial charge < -0.3 is 25.2 Å². The van der Waals surface area contributed by atoms with E-state index in [1.54, 1.807) is 34.0 Å². The fourth-order valence-electron chi connectivity index (χ4n) is 6.44. The van der Waals surface area contributed by atoms with Crippen LogP contribution in [0.3, 0.4) is 0 Å². The SMILES string of the molecule is O=C(NCC1CC1)[C@H]1[C@H](CO)[C@H]2Cn3c(ccc(-c4cccnc4)c3=O)[C@H]2N1C(=O)NC1CCCC1. The summed E-state index contributed by atoms with van der Waals surface area (Å²) in [7, 11) is 0. The number of urea groups is 1. The van der Waals surface area contributed by atoms with Gasteiger partial charge in [0.15, 0.2) is 0 Å². The third-order valence-electron chi connectivity index (χ3n) is 8.50. The van der Waals surface area contributed by atoms with Gasteiger partial charge in [0, 0.05) is 66.8 Å². The molecule has 9 nitrogen and oxygen atoms in total. The van der Waals surface area contributed by atoms with Gasteiger partial charge in [-0.1, -0.05) is 18.9 Å². The van der Waals surface area contributed by atoms with Crippen molar-refractivity contribution in [1.29, 1.82) is 0 Å². The highest BCUT2D eigenvalue weighted by molar-refractivity contribution is 5.89. The maximum atomic E-state index is 13.7. The Morgan fingerprint density at radius 3 is 2.61 bits per heavy atom.